The molecule has 3 aromatic heterocycles. The Bertz CT molecular complexity index is 1160. The number of hydrogen-bond donors (Lipinski definition) is 2. The number of nitrogens with zero attached hydrogens (tertiary/aromatic N) is 5. The van der Waals surface area contributed by atoms with E-state index < -0.39 is 5.82 Å². The molecule has 1 saturated heterocycles. The predicted octanol–water partition coefficient (Wildman–Crippen LogP) is 2.41. The number of pyridine rings is 2. The van der Waals surface area contributed by atoms with Crippen molar-refractivity contribution < 1.29 is 13.9 Å². The average Bonchev–Trinajstić information content (AvgIpc) is 2.80. The molecule has 1 aliphatic heterocycles. The van der Waals surface area contributed by atoms with E-state index in [-0.39, 0.29) is 46.9 Å². The number of aromatic nitrogens is 4. The minimum Gasteiger partial charge on any atom is -0.477 e. The van der Waals surface area contributed by atoms with Gasteiger partial charge < -0.3 is 21.1 Å². The highest BCUT2D eigenvalue weighted by atomic mass is 19.1. The maximum Gasteiger partial charge on any atom is 0.232 e. The van der Waals surface area contributed by atoms with Crippen LogP contribution in [0.2, 0.25) is 0 Å². The summed E-state index contributed by atoms with van der Waals surface area (Å²) in [5.74, 6) is -0.810. The third kappa shape index (κ3) is 5.06. The van der Waals surface area contributed by atoms with Crippen LogP contribution in [0.5, 0.6) is 5.88 Å². The number of halogens is 1. The SMILES string of the molecule is CCOc1cncc(-c2nc(C(=O)Cc3cnccc3N3CCC[C@H](N)C3)c(N)cc2F)n1. The number of nitrogens with two attached hydrogens (primary N) is 2. The number of ketones is 1. The van der Waals surface area contributed by atoms with E-state index in [0.29, 0.717) is 13.2 Å². The van der Waals surface area contributed by atoms with Crippen LogP contribution in [0, 0.1) is 5.82 Å². The Balaban J connectivity index is 1.64. The molecule has 0 radical (unpaired) electrons. The lowest BCUT2D eigenvalue weighted by atomic mass is 10.0. The van der Waals surface area contributed by atoms with Crippen molar-refractivity contribution in [1.82, 2.24) is 19.9 Å². The van der Waals surface area contributed by atoms with Crippen molar-refractivity contribution in [3.63, 3.8) is 0 Å². The van der Waals surface area contributed by atoms with E-state index in [0.717, 1.165) is 36.7 Å². The topological polar surface area (TPSA) is 133 Å². The smallest absolute Gasteiger partial charge is 0.232 e. The summed E-state index contributed by atoms with van der Waals surface area (Å²) in [4.78, 5) is 32.0. The second-order valence-electron chi connectivity index (χ2n) is 7.88. The Hall–Kier alpha value is -3.66. The Morgan fingerprint density at radius 3 is 2.91 bits per heavy atom. The molecule has 1 aliphatic rings. The summed E-state index contributed by atoms with van der Waals surface area (Å²) in [7, 11) is 0. The maximum absolute atomic E-state index is 14.7. The van der Waals surface area contributed by atoms with Crippen LogP contribution in [-0.4, -0.2) is 51.5 Å². The van der Waals surface area contributed by atoms with Crippen molar-refractivity contribution >= 4 is 17.2 Å². The first-order chi connectivity index (χ1) is 16.0. The van der Waals surface area contributed by atoms with E-state index in [1.165, 1.54) is 12.4 Å². The Kier molecular flexibility index (Phi) is 6.74. The van der Waals surface area contributed by atoms with Gasteiger partial charge in [-0.2, -0.15) is 0 Å². The Labute approximate surface area is 191 Å². The average molecular weight is 452 g/mol. The first-order valence-electron chi connectivity index (χ1n) is 10.8. The van der Waals surface area contributed by atoms with Gasteiger partial charge in [-0.15, -0.1) is 0 Å². The number of carbonyl (C=O) groups excluding carboxylic acids is 1. The van der Waals surface area contributed by atoms with Crippen molar-refractivity contribution in [1.29, 1.82) is 0 Å². The fraction of sp³-hybridized carbons (Fsp3) is 0.348. The van der Waals surface area contributed by atoms with Gasteiger partial charge in [0.15, 0.2) is 11.6 Å². The molecule has 0 spiro atoms. The van der Waals surface area contributed by atoms with Gasteiger partial charge in [-0.3, -0.25) is 14.8 Å². The molecule has 3 aromatic rings. The van der Waals surface area contributed by atoms with Gasteiger partial charge in [0, 0.05) is 55.3 Å². The van der Waals surface area contributed by atoms with E-state index in [1.807, 2.05) is 6.07 Å². The molecule has 0 aromatic carbocycles. The Morgan fingerprint density at radius 1 is 1.27 bits per heavy atom. The van der Waals surface area contributed by atoms with E-state index in [9.17, 15) is 9.18 Å². The first kappa shape index (κ1) is 22.5. The minimum absolute atomic E-state index is 0.0157. The predicted molar refractivity (Wildman–Crippen MR) is 122 cm³/mol. The molecule has 4 rings (SSSR count). The van der Waals surface area contributed by atoms with E-state index in [1.54, 1.807) is 19.3 Å². The van der Waals surface area contributed by atoms with Crippen LogP contribution >= 0.6 is 0 Å². The largest absolute Gasteiger partial charge is 0.477 e. The van der Waals surface area contributed by atoms with Gasteiger partial charge in [0.1, 0.15) is 17.1 Å². The molecule has 1 atom stereocenters. The number of carbonyl (C=O) groups is 1. The van der Waals surface area contributed by atoms with Crippen molar-refractivity contribution in [2.75, 3.05) is 30.3 Å². The minimum atomic E-state index is -0.698. The lowest BCUT2D eigenvalue weighted by Crippen LogP contribution is -2.43. The van der Waals surface area contributed by atoms with Crippen molar-refractivity contribution in [2.24, 2.45) is 5.73 Å². The number of hydrogen-bond acceptors (Lipinski definition) is 9. The van der Waals surface area contributed by atoms with Crippen LogP contribution in [0.3, 0.4) is 0 Å². The molecule has 4 N–H and O–H groups in total. The number of rotatable bonds is 7. The van der Waals surface area contributed by atoms with Gasteiger partial charge in [-0.25, -0.2) is 14.4 Å². The van der Waals surface area contributed by atoms with Crippen LogP contribution in [0.15, 0.2) is 36.9 Å². The van der Waals surface area contributed by atoms with Gasteiger partial charge in [0.2, 0.25) is 5.88 Å². The van der Waals surface area contributed by atoms with E-state index in [4.69, 9.17) is 16.2 Å². The van der Waals surface area contributed by atoms with Crippen molar-refractivity contribution in [2.45, 2.75) is 32.2 Å². The molecule has 10 heteroatoms. The summed E-state index contributed by atoms with van der Waals surface area (Å²) in [6, 6.07) is 3.04. The van der Waals surface area contributed by atoms with Gasteiger partial charge in [-0.1, -0.05) is 0 Å². The highest BCUT2D eigenvalue weighted by Gasteiger charge is 2.23. The molecule has 33 heavy (non-hydrogen) atoms. The van der Waals surface area contributed by atoms with Gasteiger partial charge in [-0.05, 0) is 25.8 Å². The number of piperidine rings is 1. The van der Waals surface area contributed by atoms with Crippen LogP contribution < -0.4 is 21.1 Å². The molecule has 172 valence electrons. The first-order valence-corrected chi connectivity index (χ1v) is 10.8. The molecule has 1 fully saturated rings. The maximum atomic E-state index is 14.7. The summed E-state index contributed by atoms with van der Waals surface area (Å²) in [5, 5.41) is 0. The molecular formula is C23H26FN7O2. The van der Waals surface area contributed by atoms with E-state index in [2.05, 4.69) is 24.8 Å². The number of Topliss-reactive ketones (excluding diaryl/α,β-unsaturated/α-hetero) is 1. The van der Waals surface area contributed by atoms with Crippen LogP contribution in [0.1, 0.15) is 35.8 Å². The summed E-state index contributed by atoms with van der Waals surface area (Å²) >= 11 is 0. The summed E-state index contributed by atoms with van der Waals surface area (Å²) in [5.41, 5.74) is 13.7. The molecule has 0 amide bonds. The van der Waals surface area contributed by atoms with Crippen molar-refractivity contribution in [3.8, 4) is 17.3 Å². The third-order valence-electron chi connectivity index (χ3n) is 5.44. The molecule has 9 nitrogen and oxygen atoms in total. The zero-order valence-corrected chi connectivity index (χ0v) is 18.4. The molecule has 0 unspecified atom stereocenters. The highest BCUT2D eigenvalue weighted by Crippen LogP contribution is 2.27. The summed E-state index contributed by atoms with van der Waals surface area (Å²) in [6.07, 6.45) is 8.10. The quantitative estimate of drug-likeness (QED) is 0.519. The van der Waals surface area contributed by atoms with Crippen LogP contribution in [0.4, 0.5) is 15.8 Å². The van der Waals surface area contributed by atoms with Crippen molar-refractivity contribution in [3.05, 3.63) is 54.0 Å². The molecule has 0 bridgehead atoms. The van der Waals surface area contributed by atoms with Gasteiger partial charge in [0.25, 0.3) is 0 Å². The van der Waals surface area contributed by atoms with Crippen LogP contribution in [0.25, 0.3) is 11.4 Å². The molecule has 0 aliphatic carbocycles. The fourth-order valence-corrected chi connectivity index (χ4v) is 3.94. The lowest BCUT2D eigenvalue weighted by molar-refractivity contribution is 0.0989. The number of nitrogen functional groups attached to an aromatic ring is 1. The second-order valence-corrected chi connectivity index (χ2v) is 7.88. The summed E-state index contributed by atoms with van der Waals surface area (Å²) < 4.78 is 20.0. The molecule has 4 heterocycles. The van der Waals surface area contributed by atoms with Crippen LogP contribution in [-0.2, 0) is 6.42 Å². The summed E-state index contributed by atoms with van der Waals surface area (Å²) in [6.45, 7) is 3.75. The molecular weight excluding hydrogens is 425 g/mol. The fourth-order valence-electron chi connectivity index (χ4n) is 3.94. The zero-order valence-electron chi connectivity index (χ0n) is 18.4. The Morgan fingerprint density at radius 2 is 2.12 bits per heavy atom. The third-order valence-corrected chi connectivity index (χ3v) is 5.44. The zero-order chi connectivity index (χ0) is 23.4. The highest BCUT2D eigenvalue weighted by molar-refractivity contribution is 6.01. The second kappa shape index (κ2) is 9.86. The number of anilines is 2. The monoisotopic (exact) mass is 451 g/mol. The van der Waals surface area contributed by atoms with Gasteiger partial charge in [0.05, 0.1) is 24.7 Å². The van der Waals surface area contributed by atoms with E-state index >= 15 is 0 Å². The lowest BCUT2D eigenvalue weighted by Gasteiger charge is -2.33. The van der Waals surface area contributed by atoms with Gasteiger partial charge >= 0.3 is 0 Å². The number of ether oxygens (including phenoxy) is 1. The normalized spacial score (nSPS) is 16.0. The standard InChI is InChI=1S/C23H26FN7O2/c1-2-33-21-12-28-11-18(29-21)22-16(24)9-17(26)23(30-22)20(32)8-14-10-27-6-5-19(14)31-7-3-4-15(25)13-31/h5-6,9-12,15H,2-4,7-8,13,25-26H2,1H3/t15-/m0/s1. The molecule has 0 saturated carbocycles.